The number of hydrogen-bond donors (Lipinski definition) is 3. The van der Waals surface area contributed by atoms with Gasteiger partial charge in [0.15, 0.2) is 0 Å². The zero-order valence-electron chi connectivity index (χ0n) is 22.3. The molecule has 0 spiro atoms. The third-order valence-electron chi connectivity index (χ3n) is 6.69. The second kappa shape index (κ2) is 14.0. The lowest BCUT2D eigenvalue weighted by molar-refractivity contribution is -0.148. The standard InChI is InChI=1S/C31H35N3O4S/c1-21(35)33-26-14-16-27(17-15-26)39-32-18-8-12-25(19-23-9-4-3-5-10-23)31(37)34-30-28-13-7-6-11-24(28)20-29(30)38-22(2)36/h3-7,9-11,13-17,25,29-30,32H,8,12,18-20H2,1-2H3,(H,33,35)(H,34,37). The topological polar surface area (TPSA) is 96.5 Å². The molecule has 3 aromatic carbocycles. The summed E-state index contributed by atoms with van der Waals surface area (Å²) >= 11 is 1.52. The molecule has 0 bridgehead atoms. The number of esters is 1. The molecule has 3 aromatic rings. The molecule has 2 amide bonds. The monoisotopic (exact) mass is 545 g/mol. The first-order chi connectivity index (χ1) is 18.9. The SMILES string of the molecule is CC(=O)Nc1ccc(SNCCCC(Cc2ccccc2)C(=O)NC2c3ccccc3CC2OC(C)=O)cc1. The molecule has 0 radical (unpaired) electrons. The Hall–Kier alpha value is -3.62. The van der Waals surface area contributed by atoms with Crippen molar-refractivity contribution in [2.45, 2.75) is 56.6 Å². The lowest BCUT2D eigenvalue weighted by atomic mass is 9.93. The van der Waals surface area contributed by atoms with Crippen LogP contribution in [0.2, 0.25) is 0 Å². The van der Waals surface area contributed by atoms with E-state index in [0.29, 0.717) is 19.3 Å². The Labute approximate surface area is 234 Å². The van der Waals surface area contributed by atoms with Gasteiger partial charge < -0.3 is 15.4 Å². The van der Waals surface area contributed by atoms with Crippen LogP contribution >= 0.6 is 11.9 Å². The van der Waals surface area contributed by atoms with Crippen LogP contribution in [0.15, 0.2) is 83.8 Å². The Kier molecular flexibility index (Phi) is 10.2. The summed E-state index contributed by atoms with van der Waals surface area (Å²) in [6.07, 6.45) is 2.35. The molecule has 0 aliphatic heterocycles. The number of amides is 2. The van der Waals surface area contributed by atoms with Gasteiger partial charge in [-0.2, -0.15) is 0 Å². The van der Waals surface area contributed by atoms with Gasteiger partial charge in [0.25, 0.3) is 0 Å². The van der Waals surface area contributed by atoms with Crippen LogP contribution in [0.25, 0.3) is 0 Å². The molecule has 1 aliphatic rings. The number of benzene rings is 3. The molecule has 0 saturated carbocycles. The maximum absolute atomic E-state index is 13.6. The second-order valence-corrected chi connectivity index (χ2v) is 10.7. The van der Waals surface area contributed by atoms with Crippen molar-refractivity contribution in [2.24, 2.45) is 5.92 Å². The largest absolute Gasteiger partial charge is 0.460 e. The van der Waals surface area contributed by atoms with Gasteiger partial charge in [0, 0.05) is 43.3 Å². The molecule has 204 valence electrons. The maximum Gasteiger partial charge on any atom is 0.302 e. The minimum Gasteiger partial charge on any atom is -0.460 e. The van der Waals surface area contributed by atoms with E-state index in [2.05, 4.69) is 15.4 Å². The first kappa shape index (κ1) is 28.4. The van der Waals surface area contributed by atoms with Crippen molar-refractivity contribution >= 4 is 35.4 Å². The average Bonchev–Trinajstić information content (AvgIpc) is 3.25. The molecule has 0 fully saturated rings. The average molecular weight is 546 g/mol. The number of ether oxygens (including phenoxy) is 1. The van der Waals surface area contributed by atoms with Crippen LogP contribution in [0.1, 0.15) is 49.4 Å². The van der Waals surface area contributed by atoms with E-state index in [1.165, 1.54) is 25.8 Å². The summed E-state index contributed by atoms with van der Waals surface area (Å²) < 4.78 is 8.97. The molecule has 4 rings (SSSR count). The van der Waals surface area contributed by atoms with Crippen molar-refractivity contribution in [3.05, 3.63) is 95.6 Å². The normalized spacial score (nSPS) is 16.7. The summed E-state index contributed by atoms with van der Waals surface area (Å²) in [6.45, 7) is 3.63. The lowest BCUT2D eigenvalue weighted by Gasteiger charge is -2.25. The molecule has 3 N–H and O–H groups in total. The van der Waals surface area contributed by atoms with Gasteiger partial charge in [-0.15, -0.1) is 0 Å². The Morgan fingerprint density at radius 3 is 2.38 bits per heavy atom. The van der Waals surface area contributed by atoms with Crippen LogP contribution in [-0.2, 0) is 32.0 Å². The molecule has 7 nitrogen and oxygen atoms in total. The molecular formula is C31H35N3O4S. The van der Waals surface area contributed by atoms with Gasteiger partial charge >= 0.3 is 5.97 Å². The van der Waals surface area contributed by atoms with Gasteiger partial charge in [-0.25, -0.2) is 0 Å². The van der Waals surface area contributed by atoms with Crippen molar-refractivity contribution in [3.8, 4) is 0 Å². The molecule has 0 aromatic heterocycles. The molecule has 3 unspecified atom stereocenters. The highest BCUT2D eigenvalue weighted by Gasteiger charge is 2.36. The summed E-state index contributed by atoms with van der Waals surface area (Å²) in [4.78, 5) is 37.6. The number of hydrogen-bond acceptors (Lipinski definition) is 6. The van der Waals surface area contributed by atoms with Crippen LogP contribution in [0.5, 0.6) is 0 Å². The number of carbonyl (C=O) groups is 3. The third-order valence-corrected chi connectivity index (χ3v) is 7.55. The van der Waals surface area contributed by atoms with Gasteiger partial charge in [0.2, 0.25) is 11.8 Å². The fourth-order valence-electron chi connectivity index (χ4n) is 4.91. The van der Waals surface area contributed by atoms with E-state index in [9.17, 15) is 14.4 Å². The van der Waals surface area contributed by atoms with Crippen molar-refractivity contribution in [1.29, 1.82) is 0 Å². The molecular weight excluding hydrogens is 510 g/mol. The number of carbonyl (C=O) groups excluding carboxylic acids is 3. The summed E-state index contributed by atoms with van der Waals surface area (Å²) in [6, 6.07) is 25.3. The number of fused-ring (bicyclic) bond motifs is 1. The Morgan fingerprint density at radius 2 is 1.67 bits per heavy atom. The van der Waals surface area contributed by atoms with E-state index in [-0.39, 0.29) is 29.7 Å². The van der Waals surface area contributed by atoms with Gasteiger partial charge in [-0.05, 0) is 72.2 Å². The predicted molar refractivity (Wildman–Crippen MR) is 154 cm³/mol. The van der Waals surface area contributed by atoms with Crippen LogP contribution < -0.4 is 15.4 Å². The fourth-order valence-corrected chi connectivity index (χ4v) is 5.60. The molecule has 39 heavy (non-hydrogen) atoms. The van der Waals surface area contributed by atoms with E-state index in [1.807, 2.05) is 78.9 Å². The highest BCUT2D eigenvalue weighted by Crippen LogP contribution is 2.34. The molecule has 8 heteroatoms. The fraction of sp³-hybridized carbons (Fsp3) is 0.323. The van der Waals surface area contributed by atoms with Crippen molar-refractivity contribution in [1.82, 2.24) is 10.0 Å². The second-order valence-electron chi connectivity index (χ2n) is 9.77. The first-order valence-corrected chi connectivity index (χ1v) is 14.1. The van der Waals surface area contributed by atoms with Gasteiger partial charge in [-0.3, -0.25) is 19.1 Å². The zero-order chi connectivity index (χ0) is 27.6. The van der Waals surface area contributed by atoms with Crippen LogP contribution in [0.3, 0.4) is 0 Å². The molecule has 1 aliphatic carbocycles. The van der Waals surface area contributed by atoms with E-state index < -0.39 is 6.10 Å². The Balaban J connectivity index is 1.36. The summed E-state index contributed by atoms with van der Waals surface area (Å²) in [5.41, 5.74) is 3.99. The Morgan fingerprint density at radius 1 is 0.949 bits per heavy atom. The van der Waals surface area contributed by atoms with E-state index >= 15 is 0 Å². The third kappa shape index (κ3) is 8.43. The minimum absolute atomic E-state index is 0.0288. The smallest absolute Gasteiger partial charge is 0.302 e. The van der Waals surface area contributed by atoms with E-state index in [0.717, 1.165) is 40.2 Å². The number of nitrogens with one attached hydrogen (secondary N) is 3. The highest BCUT2D eigenvalue weighted by molar-refractivity contribution is 7.97. The first-order valence-electron chi connectivity index (χ1n) is 13.3. The van der Waals surface area contributed by atoms with Gasteiger partial charge in [0.05, 0.1) is 6.04 Å². The lowest BCUT2D eigenvalue weighted by Crippen LogP contribution is -2.40. The minimum atomic E-state index is -0.406. The van der Waals surface area contributed by atoms with E-state index in [1.54, 1.807) is 0 Å². The molecule has 3 atom stereocenters. The van der Waals surface area contributed by atoms with E-state index in [4.69, 9.17) is 4.74 Å². The summed E-state index contributed by atoms with van der Waals surface area (Å²) in [7, 11) is 0. The quantitative estimate of drug-likeness (QED) is 0.164. The highest BCUT2D eigenvalue weighted by atomic mass is 32.2. The van der Waals surface area contributed by atoms with Crippen molar-refractivity contribution < 1.29 is 19.1 Å². The van der Waals surface area contributed by atoms with Gasteiger partial charge in [0.1, 0.15) is 6.10 Å². The Bertz CT molecular complexity index is 1270. The van der Waals surface area contributed by atoms with Crippen LogP contribution in [0, 0.1) is 5.92 Å². The van der Waals surface area contributed by atoms with Crippen LogP contribution in [-0.4, -0.2) is 30.4 Å². The van der Waals surface area contributed by atoms with Crippen molar-refractivity contribution in [3.63, 3.8) is 0 Å². The van der Waals surface area contributed by atoms with Crippen molar-refractivity contribution in [2.75, 3.05) is 11.9 Å². The summed E-state index contributed by atoms with van der Waals surface area (Å²) in [5, 5.41) is 5.99. The number of anilines is 1. The predicted octanol–water partition coefficient (Wildman–Crippen LogP) is 5.23. The van der Waals surface area contributed by atoms with Crippen LogP contribution in [0.4, 0.5) is 5.69 Å². The molecule has 0 heterocycles. The number of rotatable bonds is 12. The summed E-state index contributed by atoms with van der Waals surface area (Å²) in [5.74, 6) is -0.691. The molecule has 0 saturated heterocycles. The zero-order valence-corrected chi connectivity index (χ0v) is 23.1. The maximum atomic E-state index is 13.6. The van der Waals surface area contributed by atoms with Gasteiger partial charge in [-0.1, -0.05) is 54.6 Å².